The van der Waals surface area contributed by atoms with Gasteiger partial charge in [-0.2, -0.15) is 5.06 Å². The number of rotatable bonds is 3. The number of fused-ring (bicyclic) bond motifs is 4. The zero-order valence-electron chi connectivity index (χ0n) is 16.3. The molecule has 9 nitrogen and oxygen atoms in total. The number of furan rings is 1. The van der Waals surface area contributed by atoms with E-state index in [1.807, 2.05) is 0 Å². The van der Waals surface area contributed by atoms with Gasteiger partial charge in [0.1, 0.15) is 18.1 Å². The smallest absolute Gasteiger partial charge is 0.257 e. The highest BCUT2D eigenvalue weighted by Crippen LogP contribution is 2.65. The maximum absolute atomic E-state index is 13.4. The number of hydrogen-bond acceptors (Lipinski definition) is 7. The Morgan fingerprint density at radius 2 is 1.84 bits per heavy atom. The van der Waals surface area contributed by atoms with Crippen LogP contribution in [0.2, 0.25) is 0 Å². The Morgan fingerprint density at radius 1 is 1.12 bits per heavy atom. The van der Waals surface area contributed by atoms with Gasteiger partial charge in [0, 0.05) is 0 Å². The molecule has 4 aliphatic rings. The summed E-state index contributed by atoms with van der Waals surface area (Å²) < 4.78 is 5.73. The molecule has 4 amide bonds. The number of amides is 4. The third-order valence-corrected chi connectivity index (χ3v) is 9.03. The summed E-state index contributed by atoms with van der Waals surface area (Å²) in [4.78, 5) is 48.9. The van der Waals surface area contributed by atoms with Gasteiger partial charge >= 0.3 is 0 Å². The van der Waals surface area contributed by atoms with E-state index in [1.165, 1.54) is 6.07 Å². The number of carbonyl (C=O) groups excluding carboxylic acids is 4. The van der Waals surface area contributed by atoms with E-state index >= 15 is 0 Å². The first-order valence-electron chi connectivity index (χ1n) is 9.88. The van der Waals surface area contributed by atoms with Gasteiger partial charge in [0.2, 0.25) is 0 Å². The molecule has 2 aliphatic carbocycles. The molecule has 0 radical (unpaired) electrons. The summed E-state index contributed by atoms with van der Waals surface area (Å²) in [5.41, 5.74) is 0.420. The first-order chi connectivity index (χ1) is 15.1. The van der Waals surface area contributed by atoms with Gasteiger partial charge in [-0.25, -0.2) is 0 Å². The Hall–Kier alpha value is -1.72. The first kappa shape index (κ1) is 22.1. The summed E-state index contributed by atoms with van der Waals surface area (Å²) in [7, 11) is 0. The van der Waals surface area contributed by atoms with E-state index < -0.39 is 63.7 Å². The van der Waals surface area contributed by atoms with Crippen LogP contribution in [-0.2, 0) is 25.8 Å². The van der Waals surface area contributed by atoms with Crippen molar-refractivity contribution in [2.45, 2.75) is 35.1 Å². The van der Waals surface area contributed by atoms with Crippen molar-refractivity contribution in [3.05, 3.63) is 35.3 Å². The second-order valence-electron chi connectivity index (χ2n) is 8.44. The number of allylic oxidation sites excluding steroid dienone is 2. The lowest BCUT2D eigenvalue weighted by Gasteiger charge is -2.49. The molecule has 1 aromatic heterocycles. The van der Waals surface area contributed by atoms with Crippen LogP contribution in [0.4, 0.5) is 0 Å². The van der Waals surface area contributed by atoms with Crippen molar-refractivity contribution < 1.29 is 33.9 Å². The lowest BCUT2D eigenvalue weighted by atomic mass is 9.57. The predicted octanol–water partition coefficient (Wildman–Crippen LogP) is 1.87. The zero-order valence-corrected chi connectivity index (χ0v) is 19.4. The molecular weight excluding hydrogens is 531 g/mol. The topological polar surface area (TPSA) is 128 Å². The fourth-order valence-corrected chi connectivity index (χ4v) is 7.09. The summed E-state index contributed by atoms with van der Waals surface area (Å²) in [6.45, 7) is -0.395. The van der Waals surface area contributed by atoms with Gasteiger partial charge in [-0.05, 0) is 30.9 Å². The molecule has 12 heteroatoms. The van der Waals surface area contributed by atoms with Crippen LogP contribution in [0.3, 0.4) is 0 Å². The summed E-state index contributed by atoms with van der Waals surface area (Å²) in [5, 5.41) is 19.5. The molecule has 0 spiro atoms. The molecule has 6 atom stereocenters. The Bertz CT molecular complexity index is 1110. The van der Waals surface area contributed by atoms with Crippen molar-refractivity contribution in [1.82, 2.24) is 9.96 Å². The molecule has 3 heterocycles. The van der Waals surface area contributed by atoms with Crippen molar-refractivity contribution in [3.63, 3.8) is 0 Å². The fourth-order valence-electron chi connectivity index (χ4n) is 5.68. The molecule has 1 saturated carbocycles. The summed E-state index contributed by atoms with van der Waals surface area (Å²) >= 11 is 17.0. The minimum Gasteiger partial charge on any atom is -0.463 e. The van der Waals surface area contributed by atoms with Crippen LogP contribution in [0, 0.1) is 17.8 Å². The minimum absolute atomic E-state index is 0.119. The number of hydrogen-bond donors (Lipinski definition) is 2. The average Bonchev–Trinajstić information content (AvgIpc) is 3.37. The van der Waals surface area contributed by atoms with Crippen LogP contribution < -0.4 is 0 Å². The van der Waals surface area contributed by atoms with E-state index in [1.54, 1.807) is 12.1 Å². The number of likely N-dealkylation sites (tertiary alicyclic amines) is 1. The van der Waals surface area contributed by atoms with Crippen molar-refractivity contribution in [2.75, 3.05) is 5.45 Å². The van der Waals surface area contributed by atoms with Crippen molar-refractivity contribution in [2.24, 2.45) is 17.8 Å². The van der Waals surface area contributed by atoms with E-state index in [0.29, 0.717) is 5.57 Å². The van der Waals surface area contributed by atoms with Crippen LogP contribution in [0.25, 0.3) is 0 Å². The number of imide groups is 2. The largest absolute Gasteiger partial charge is 0.463 e. The maximum atomic E-state index is 13.4. The normalized spacial score (nSPS) is 38.7. The van der Waals surface area contributed by atoms with Gasteiger partial charge in [-0.1, -0.05) is 27.6 Å². The molecule has 2 aliphatic heterocycles. The molecule has 6 unspecified atom stereocenters. The molecule has 0 bridgehead atoms. The van der Waals surface area contributed by atoms with E-state index in [2.05, 4.69) is 15.9 Å². The summed E-state index contributed by atoms with van der Waals surface area (Å²) in [5.74, 6) is -5.98. The van der Waals surface area contributed by atoms with E-state index in [-0.39, 0.29) is 34.9 Å². The molecule has 32 heavy (non-hydrogen) atoms. The second kappa shape index (κ2) is 7.14. The van der Waals surface area contributed by atoms with Gasteiger partial charge in [0.25, 0.3) is 23.6 Å². The van der Waals surface area contributed by atoms with E-state index in [0.717, 1.165) is 4.90 Å². The number of carbonyl (C=O) groups is 4. The van der Waals surface area contributed by atoms with Crippen molar-refractivity contribution in [1.29, 1.82) is 0 Å². The number of alkyl halides is 3. The van der Waals surface area contributed by atoms with Crippen molar-refractivity contribution in [3.8, 4) is 0 Å². The molecule has 170 valence electrons. The monoisotopic (exact) mass is 546 g/mol. The number of aliphatic hydroxyl groups excluding tert-OH is 1. The van der Waals surface area contributed by atoms with Crippen LogP contribution in [0.1, 0.15) is 30.3 Å². The first-order valence-corrected chi connectivity index (χ1v) is 11.8. The lowest BCUT2D eigenvalue weighted by molar-refractivity contribution is -0.173. The van der Waals surface area contributed by atoms with Gasteiger partial charge < -0.3 is 9.52 Å². The Labute approximate surface area is 200 Å². The Balaban J connectivity index is 1.73. The number of hydroxylamine groups is 2. The van der Waals surface area contributed by atoms with Crippen LogP contribution in [0.5, 0.6) is 0 Å². The molecular formula is C20H17BrCl2N2O7. The van der Waals surface area contributed by atoms with Gasteiger partial charge in [0.05, 0.1) is 23.2 Å². The highest BCUT2D eigenvalue weighted by atomic mass is 79.9. The molecule has 5 rings (SSSR count). The molecule has 2 N–H and O–H groups in total. The average molecular weight is 548 g/mol. The van der Waals surface area contributed by atoms with E-state index in [4.69, 9.17) is 27.6 Å². The third kappa shape index (κ3) is 2.47. The number of halogens is 3. The summed E-state index contributed by atoms with van der Waals surface area (Å²) in [6, 6.07) is 3.06. The Morgan fingerprint density at radius 3 is 2.47 bits per heavy atom. The fraction of sp³-hybridized carbons (Fsp3) is 0.500. The quantitative estimate of drug-likeness (QED) is 0.194. The highest BCUT2D eigenvalue weighted by molar-refractivity contribution is 9.09. The van der Waals surface area contributed by atoms with Gasteiger partial charge in [-0.3, -0.25) is 29.3 Å². The third-order valence-electron chi connectivity index (χ3n) is 7.11. The molecule has 2 saturated heterocycles. The summed E-state index contributed by atoms with van der Waals surface area (Å²) in [6.07, 6.45) is 1.70. The molecule has 3 fully saturated rings. The number of nitrogens with zero attached hydrogens (tertiary/aromatic N) is 2. The van der Waals surface area contributed by atoms with Crippen molar-refractivity contribution >= 4 is 62.8 Å². The number of aliphatic hydroxyl groups is 1. The standard InChI is InChI=1S/C20H17BrCl2N2O7/c21-7-24-17(29)19(22)5-11-9(2-3-10-13(11)16(28)25(31)15(10)27)14(20(19,23)18(24)30)12-4-1-8(6-26)32-12/h1-2,4,10-11,13-14,26,31H,3,5-7H2. The Kier molecular flexibility index (Phi) is 4.93. The minimum atomic E-state index is -1.95. The van der Waals surface area contributed by atoms with Gasteiger partial charge in [-0.15, -0.1) is 23.2 Å². The van der Waals surface area contributed by atoms with Crippen LogP contribution in [-0.4, -0.2) is 59.1 Å². The maximum Gasteiger partial charge on any atom is 0.257 e. The SMILES string of the molecule is O=C1C2CC=C3C(CC4(Cl)C(=O)N(CBr)C(=O)C4(Cl)C3c3ccc(CO)o3)C2C(=O)N1O. The second-order valence-corrected chi connectivity index (χ2v) is 10.2. The molecule has 1 aromatic rings. The van der Waals surface area contributed by atoms with E-state index in [9.17, 15) is 29.5 Å². The van der Waals surface area contributed by atoms with Crippen LogP contribution in [0.15, 0.2) is 28.2 Å². The van der Waals surface area contributed by atoms with Gasteiger partial charge in [0.15, 0.2) is 9.75 Å². The lowest BCUT2D eigenvalue weighted by Crippen LogP contribution is -2.60. The predicted molar refractivity (Wildman–Crippen MR) is 112 cm³/mol. The zero-order chi connectivity index (χ0) is 23.2. The highest BCUT2D eigenvalue weighted by Gasteiger charge is 2.76. The van der Waals surface area contributed by atoms with Crippen LogP contribution >= 0.6 is 39.1 Å². The molecule has 0 aromatic carbocycles.